The minimum atomic E-state index is -0.901. The molecule has 0 radical (unpaired) electrons. The summed E-state index contributed by atoms with van der Waals surface area (Å²) in [6, 6.07) is 7.25. The molecule has 9 nitrogen and oxygen atoms in total. The summed E-state index contributed by atoms with van der Waals surface area (Å²) in [5.41, 5.74) is 11.3. The lowest BCUT2D eigenvalue weighted by molar-refractivity contribution is 0.0940. The van der Waals surface area contributed by atoms with E-state index in [1.165, 1.54) is 24.0 Å². The molecule has 8 N–H and O–H groups in total. The molecule has 192 valence electrons. The summed E-state index contributed by atoms with van der Waals surface area (Å²) < 4.78 is 28.5. The predicted octanol–water partition coefficient (Wildman–Crippen LogP) is 2.14. The van der Waals surface area contributed by atoms with Crippen LogP contribution in [0.25, 0.3) is 0 Å². The van der Waals surface area contributed by atoms with E-state index >= 15 is 0 Å². The normalized spacial score (nSPS) is 18.9. The molecular weight excluding hydrogens is 488 g/mol. The maximum atomic E-state index is 14.3. The average molecular weight is 518 g/mol. The van der Waals surface area contributed by atoms with Gasteiger partial charge in [0.25, 0.3) is 11.8 Å². The number of pyridine rings is 1. The van der Waals surface area contributed by atoms with Crippen LogP contribution in [0.5, 0.6) is 0 Å². The molecule has 2 saturated carbocycles. The Hall–Kier alpha value is -3.38. The standard InChI is InChI=1S/C24H29F2N7O2S/c25-16-9-17(26)19(8-15(16)23(34)31-13-4-5-13)30-12-14(11-28)36-21-10-20(21)33-22-3-1-2-18(32-22)24(35)29-7-6-27/h1-3,8-9,11,13,20-21,30H,4-7,10,12,27-28H2,(H,29,35)(H,31,34)(H,32,33)/b14-11-. The van der Waals surface area contributed by atoms with E-state index in [0.717, 1.165) is 24.2 Å². The van der Waals surface area contributed by atoms with Crippen LogP contribution in [-0.4, -0.2) is 53.8 Å². The molecular formula is C24H29F2N7O2S. The summed E-state index contributed by atoms with van der Waals surface area (Å²) in [7, 11) is 0. The number of anilines is 2. The zero-order valence-corrected chi connectivity index (χ0v) is 20.3. The van der Waals surface area contributed by atoms with Crippen molar-refractivity contribution in [2.75, 3.05) is 30.3 Å². The van der Waals surface area contributed by atoms with Gasteiger partial charge in [-0.15, -0.1) is 11.8 Å². The number of nitrogens with zero attached hydrogens (tertiary/aromatic N) is 1. The maximum Gasteiger partial charge on any atom is 0.270 e. The van der Waals surface area contributed by atoms with Crippen LogP contribution in [0.4, 0.5) is 20.3 Å². The monoisotopic (exact) mass is 517 g/mol. The predicted molar refractivity (Wildman–Crippen MR) is 137 cm³/mol. The summed E-state index contributed by atoms with van der Waals surface area (Å²) in [5.74, 6) is -1.94. The van der Waals surface area contributed by atoms with Crippen LogP contribution >= 0.6 is 11.8 Å². The van der Waals surface area contributed by atoms with Gasteiger partial charge < -0.3 is 32.7 Å². The third kappa shape index (κ3) is 6.85. The highest BCUT2D eigenvalue weighted by atomic mass is 32.2. The number of halogens is 2. The Balaban J connectivity index is 1.29. The Morgan fingerprint density at radius 1 is 1.17 bits per heavy atom. The van der Waals surface area contributed by atoms with Gasteiger partial charge in [-0.05, 0) is 37.5 Å². The first-order valence-corrected chi connectivity index (χ1v) is 12.6. The molecule has 2 unspecified atom stereocenters. The van der Waals surface area contributed by atoms with Crippen molar-refractivity contribution in [3.05, 3.63) is 64.3 Å². The quantitative estimate of drug-likeness (QED) is 0.251. The molecule has 2 aliphatic rings. The van der Waals surface area contributed by atoms with Crippen LogP contribution in [0.15, 0.2) is 41.4 Å². The second-order valence-electron chi connectivity index (χ2n) is 8.64. The Kier molecular flexibility index (Phi) is 8.26. The molecule has 2 aromatic rings. The zero-order chi connectivity index (χ0) is 25.7. The third-order valence-corrected chi connectivity index (χ3v) is 7.04. The SMILES string of the molecule is N/C=C(/CNc1cc(C(=O)NC2CC2)c(F)cc1F)SC1CC1Nc1cccc(C(=O)NCCN)n1. The number of amides is 2. The fourth-order valence-corrected chi connectivity index (χ4v) is 4.59. The van der Waals surface area contributed by atoms with Gasteiger partial charge >= 0.3 is 0 Å². The van der Waals surface area contributed by atoms with E-state index in [1.807, 2.05) is 0 Å². The van der Waals surface area contributed by atoms with Gasteiger partial charge in [0.15, 0.2) is 0 Å². The van der Waals surface area contributed by atoms with Crippen molar-refractivity contribution in [3.63, 3.8) is 0 Å². The number of nitrogens with two attached hydrogens (primary N) is 2. The highest BCUT2D eigenvalue weighted by Gasteiger charge is 2.38. The molecule has 4 rings (SSSR count). The van der Waals surface area contributed by atoms with E-state index < -0.39 is 17.5 Å². The number of carbonyl (C=O) groups excluding carboxylic acids is 2. The number of hydrogen-bond donors (Lipinski definition) is 6. The molecule has 2 amide bonds. The zero-order valence-electron chi connectivity index (χ0n) is 19.5. The Bertz CT molecular complexity index is 1160. The molecule has 1 aromatic carbocycles. The van der Waals surface area contributed by atoms with Gasteiger partial charge in [-0.3, -0.25) is 9.59 Å². The molecule has 12 heteroatoms. The van der Waals surface area contributed by atoms with Crippen LogP contribution in [0, 0.1) is 11.6 Å². The van der Waals surface area contributed by atoms with E-state index in [4.69, 9.17) is 11.5 Å². The highest BCUT2D eigenvalue weighted by Crippen LogP contribution is 2.41. The fraction of sp³-hybridized carbons (Fsp3) is 0.375. The summed E-state index contributed by atoms with van der Waals surface area (Å²) >= 11 is 1.53. The van der Waals surface area contributed by atoms with Gasteiger partial charge in [0.1, 0.15) is 23.1 Å². The first kappa shape index (κ1) is 25.7. The number of hydrogen-bond acceptors (Lipinski definition) is 8. The number of rotatable bonds is 12. The minimum Gasteiger partial charge on any atom is -0.404 e. The van der Waals surface area contributed by atoms with Gasteiger partial charge in [-0.2, -0.15) is 0 Å². The lowest BCUT2D eigenvalue weighted by atomic mass is 10.1. The van der Waals surface area contributed by atoms with E-state index in [2.05, 4.69) is 26.3 Å². The van der Waals surface area contributed by atoms with Crippen molar-refractivity contribution in [3.8, 4) is 0 Å². The van der Waals surface area contributed by atoms with E-state index in [9.17, 15) is 18.4 Å². The second-order valence-corrected chi connectivity index (χ2v) is 10.0. The summed E-state index contributed by atoms with van der Waals surface area (Å²) in [6.07, 6.45) is 4.02. The Labute approximate surface area is 211 Å². The van der Waals surface area contributed by atoms with Gasteiger partial charge in [0.2, 0.25) is 0 Å². The van der Waals surface area contributed by atoms with Crippen LogP contribution in [-0.2, 0) is 0 Å². The van der Waals surface area contributed by atoms with Gasteiger partial charge in [0.05, 0.1) is 11.3 Å². The number of thioether (sulfide) groups is 1. The second kappa shape index (κ2) is 11.6. The molecule has 1 heterocycles. The van der Waals surface area contributed by atoms with E-state index in [1.54, 1.807) is 18.2 Å². The third-order valence-electron chi connectivity index (χ3n) is 5.63. The fourth-order valence-electron chi connectivity index (χ4n) is 3.43. The number of nitrogens with one attached hydrogen (secondary N) is 4. The van der Waals surface area contributed by atoms with Crippen molar-refractivity contribution in [2.45, 2.75) is 36.6 Å². The average Bonchev–Trinajstić information content (AvgIpc) is 3.80. The lowest BCUT2D eigenvalue weighted by Crippen LogP contribution is -2.29. The molecule has 0 bridgehead atoms. The van der Waals surface area contributed by atoms with Crippen LogP contribution in [0.2, 0.25) is 0 Å². The molecule has 0 aliphatic heterocycles. The van der Waals surface area contributed by atoms with Crippen molar-refractivity contribution in [1.82, 2.24) is 15.6 Å². The van der Waals surface area contributed by atoms with Crippen LogP contribution < -0.4 is 32.7 Å². The van der Waals surface area contributed by atoms with E-state index in [0.29, 0.717) is 30.7 Å². The smallest absolute Gasteiger partial charge is 0.270 e. The summed E-state index contributed by atoms with van der Waals surface area (Å²) in [6.45, 7) is 0.936. The maximum absolute atomic E-state index is 14.3. The minimum absolute atomic E-state index is 0.0247. The molecule has 0 saturated heterocycles. The molecule has 2 atom stereocenters. The number of aromatic nitrogens is 1. The van der Waals surface area contributed by atoms with Crippen LogP contribution in [0.3, 0.4) is 0 Å². The van der Waals surface area contributed by atoms with Crippen LogP contribution in [0.1, 0.15) is 40.1 Å². The Morgan fingerprint density at radius 3 is 2.69 bits per heavy atom. The number of carbonyl (C=O) groups is 2. The molecule has 36 heavy (non-hydrogen) atoms. The van der Waals surface area contributed by atoms with Crippen molar-refractivity contribution >= 4 is 35.1 Å². The summed E-state index contributed by atoms with van der Waals surface area (Å²) in [4.78, 5) is 29.4. The molecule has 0 spiro atoms. The lowest BCUT2D eigenvalue weighted by Gasteiger charge is -2.13. The first-order chi connectivity index (χ1) is 17.4. The van der Waals surface area contributed by atoms with Crippen molar-refractivity contribution in [1.29, 1.82) is 0 Å². The van der Waals surface area contributed by atoms with Crippen molar-refractivity contribution in [2.24, 2.45) is 11.5 Å². The summed E-state index contributed by atoms with van der Waals surface area (Å²) in [5, 5.41) is 11.8. The van der Waals surface area contributed by atoms with Gasteiger partial charge in [-0.25, -0.2) is 13.8 Å². The Morgan fingerprint density at radius 2 is 1.97 bits per heavy atom. The number of benzene rings is 1. The largest absolute Gasteiger partial charge is 0.404 e. The van der Waals surface area contributed by atoms with Crippen molar-refractivity contribution < 1.29 is 18.4 Å². The molecule has 2 aliphatic carbocycles. The topological polar surface area (TPSA) is 147 Å². The van der Waals surface area contributed by atoms with E-state index in [-0.39, 0.29) is 41.0 Å². The molecule has 2 fully saturated rings. The highest BCUT2D eigenvalue weighted by molar-refractivity contribution is 8.04. The first-order valence-electron chi connectivity index (χ1n) is 11.7. The van der Waals surface area contributed by atoms with Gasteiger partial charge in [0, 0.05) is 54.1 Å². The van der Waals surface area contributed by atoms with Gasteiger partial charge in [-0.1, -0.05) is 6.07 Å². The molecule has 1 aromatic heterocycles.